The number of benzene rings is 1. The molecule has 11 heteroatoms. The van der Waals surface area contributed by atoms with Crippen molar-refractivity contribution < 1.29 is 23.2 Å². The number of methoxy groups -OCH3 is 1. The number of aliphatic imine (C=N–C) groups is 1. The highest BCUT2D eigenvalue weighted by Crippen LogP contribution is 2.49. The molecule has 1 amide bonds. The lowest BCUT2D eigenvalue weighted by Gasteiger charge is -2.46. The minimum atomic E-state index is -1.02. The number of hydrogen-bond donors (Lipinski definition) is 0. The van der Waals surface area contributed by atoms with Crippen LogP contribution in [0.5, 0.6) is 0 Å². The van der Waals surface area contributed by atoms with Gasteiger partial charge in [0.05, 0.1) is 17.7 Å². The molecule has 4 aliphatic rings. The molecular formula is C24H25FN6O4. The average Bonchev–Trinajstić information content (AvgIpc) is 3.65. The summed E-state index contributed by atoms with van der Waals surface area (Å²) in [5.74, 6) is -0.390. The first-order valence-corrected chi connectivity index (χ1v) is 11.8. The number of carbonyl (C=O) groups is 1. The van der Waals surface area contributed by atoms with Crippen LogP contribution in [0.25, 0.3) is 0 Å². The second-order valence-electron chi connectivity index (χ2n) is 9.63. The predicted molar refractivity (Wildman–Crippen MR) is 121 cm³/mol. The maximum Gasteiger partial charge on any atom is 0.255 e. The van der Waals surface area contributed by atoms with Gasteiger partial charge in [0, 0.05) is 13.7 Å². The van der Waals surface area contributed by atoms with Crippen LogP contribution in [0.3, 0.4) is 0 Å². The Balaban J connectivity index is 1.44. The molecule has 1 saturated carbocycles. The first-order chi connectivity index (χ1) is 16.9. The number of anilines is 2. The zero-order valence-electron chi connectivity index (χ0n) is 19.5. The molecule has 0 N–H and O–H groups in total. The van der Waals surface area contributed by atoms with Gasteiger partial charge in [0.25, 0.3) is 11.8 Å². The number of ether oxygens (including phenoxy) is 2. The Hall–Kier alpha value is -3.36. The summed E-state index contributed by atoms with van der Waals surface area (Å²) in [6.45, 7) is 2.26. The smallest absolute Gasteiger partial charge is 0.255 e. The van der Waals surface area contributed by atoms with Crippen LogP contribution >= 0.6 is 0 Å². The highest BCUT2D eigenvalue weighted by molar-refractivity contribution is 6.13. The molecule has 4 heterocycles. The molecule has 3 aliphatic heterocycles. The van der Waals surface area contributed by atoms with Gasteiger partial charge in [0.1, 0.15) is 34.8 Å². The van der Waals surface area contributed by atoms with E-state index in [1.807, 2.05) is 6.07 Å². The number of aromatic nitrogens is 2. The van der Waals surface area contributed by atoms with Gasteiger partial charge in [-0.3, -0.25) is 14.7 Å². The van der Waals surface area contributed by atoms with Crippen molar-refractivity contribution in [3.63, 3.8) is 0 Å². The number of nitrogens with zero attached hydrogens (tertiary/aromatic N) is 6. The molecule has 2 fully saturated rings. The van der Waals surface area contributed by atoms with Gasteiger partial charge in [-0.15, -0.1) is 0 Å². The van der Waals surface area contributed by atoms with Crippen molar-refractivity contribution in [3.8, 4) is 6.07 Å². The highest BCUT2D eigenvalue weighted by atomic mass is 19.1. The highest BCUT2D eigenvalue weighted by Gasteiger charge is 2.54. The normalized spacial score (nSPS) is 28.9. The van der Waals surface area contributed by atoms with Gasteiger partial charge in [-0.05, 0) is 57.6 Å². The van der Waals surface area contributed by atoms with Crippen molar-refractivity contribution in [1.29, 1.82) is 5.26 Å². The third kappa shape index (κ3) is 3.06. The van der Waals surface area contributed by atoms with E-state index in [1.54, 1.807) is 25.0 Å². The van der Waals surface area contributed by atoms with Crippen molar-refractivity contribution in [2.45, 2.75) is 68.9 Å². The van der Waals surface area contributed by atoms with E-state index >= 15 is 0 Å². The van der Waals surface area contributed by atoms with Crippen LogP contribution in [-0.4, -0.2) is 47.9 Å². The standard InChI is InChI=1S/C24H25FN6O4/c1-23(8-5-11-34-23)31-18-14(12-26)15(25)6-7-16(18)30-13-27-17(19(30)21(31)32)20-28-22(29-35-20)24(33-2)9-3-4-10-24/h6-7,13,17,19H,3-5,8-11H2,1-2H3. The Morgan fingerprint density at radius 3 is 2.74 bits per heavy atom. The zero-order chi connectivity index (χ0) is 24.4. The van der Waals surface area contributed by atoms with Crippen molar-refractivity contribution in [2.24, 2.45) is 4.99 Å². The summed E-state index contributed by atoms with van der Waals surface area (Å²) >= 11 is 0. The van der Waals surface area contributed by atoms with Crippen molar-refractivity contribution in [2.75, 3.05) is 23.5 Å². The molecule has 1 aliphatic carbocycles. The molecule has 6 rings (SSSR count). The summed E-state index contributed by atoms with van der Waals surface area (Å²) in [6.07, 6.45) is 6.43. The fourth-order valence-electron chi connectivity index (χ4n) is 5.87. The molecule has 3 unspecified atom stereocenters. The predicted octanol–water partition coefficient (Wildman–Crippen LogP) is 3.33. The fourth-order valence-corrected chi connectivity index (χ4v) is 5.87. The van der Waals surface area contributed by atoms with Gasteiger partial charge in [0.2, 0.25) is 5.82 Å². The molecule has 2 aromatic rings. The summed E-state index contributed by atoms with van der Waals surface area (Å²) in [4.78, 5) is 26.4. The number of amides is 1. The topological polar surface area (TPSA) is 117 Å². The van der Waals surface area contributed by atoms with Crippen LogP contribution in [0.4, 0.5) is 15.8 Å². The van der Waals surface area contributed by atoms with E-state index in [1.165, 1.54) is 17.3 Å². The number of rotatable bonds is 4. The molecule has 0 bridgehead atoms. The van der Waals surface area contributed by atoms with Crippen LogP contribution in [0, 0.1) is 17.1 Å². The van der Waals surface area contributed by atoms with Crippen molar-refractivity contribution in [3.05, 3.63) is 35.2 Å². The Bertz CT molecular complexity index is 1260. The Kier molecular flexibility index (Phi) is 4.95. The number of nitriles is 1. The zero-order valence-corrected chi connectivity index (χ0v) is 19.5. The van der Waals surface area contributed by atoms with E-state index in [-0.39, 0.29) is 23.0 Å². The number of carbonyl (C=O) groups excluding carboxylic acids is 1. The molecule has 1 aromatic carbocycles. The Morgan fingerprint density at radius 1 is 1.26 bits per heavy atom. The quantitative estimate of drug-likeness (QED) is 0.654. The van der Waals surface area contributed by atoms with Crippen LogP contribution in [0.15, 0.2) is 21.6 Å². The number of hydrogen-bond acceptors (Lipinski definition) is 9. The largest absolute Gasteiger partial charge is 0.370 e. The molecule has 182 valence electrons. The summed E-state index contributed by atoms with van der Waals surface area (Å²) in [5.41, 5.74) is -1.12. The Morgan fingerprint density at radius 2 is 2.06 bits per heavy atom. The summed E-state index contributed by atoms with van der Waals surface area (Å²) < 4.78 is 32.1. The van der Waals surface area contributed by atoms with Gasteiger partial charge in [-0.1, -0.05) is 5.16 Å². The monoisotopic (exact) mass is 480 g/mol. The van der Waals surface area contributed by atoms with Gasteiger partial charge in [0.15, 0.2) is 6.04 Å². The lowest BCUT2D eigenvalue weighted by Crippen LogP contribution is -2.60. The first kappa shape index (κ1) is 22.1. The molecule has 35 heavy (non-hydrogen) atoms. The number of fused-ring (bicyclic) bond motifs is 3. The van der Waals surface area contributed by atoms with Crippen LogP contribution in [-0.2, 0) is 19.9 Å². The molecular weight excluding hydrogens is 455 g/mol. The van der Waals surface area contributed by atoms with Crippen molar-refractivity contribution >= 4 is 23.6 Å². The van der Waals surface area contributed by atoms with E-state index in [0.29, 0.717) is 24.5 Å². The maximum atomic E-state index is 14.7. The van der Waals surface area contributed by atoms with Gasteiger partial charge < -0.3 is 18.9 Å². The van der Waals surface area contributed by atoms with Crippen LogP contribution in [0.2, 0.25) is 0 Å². The SMILES string of the molecule is COC1(c2noc(C3N=CN4c5ccc(F)c(C#N)c5N(C5(C)CCCO5)C(=O)C34)n2)CCCC1. The second-order valence-corrected chi connectivity index (χ2v) is 9.63. The molecule has 10 nitrogen and oxygen atoms in total. The van der Waals surface area contributed by atoms with Gasteiger partial charge in [-0.25, -0.2) is 4.39 Å². The van der Waals surface area contributed by atoms with E-state index < -0.39 is 29.2 Å². The summed E-state index contributed by atoms with van der Waals surface area (Å²) in [7, 11) is 1.64. The van der Waals surface area contributed by atoms with E-state index in [0.717, 1.165) is 32.1 Å². The third-order valence-electron chi connectivity index (χ3n) is 7.72. The summed E-state index contributed by atoms with van der Waals surface area (Å²) in [6, 6.07) is 3.12. The molecule has 1 saturated heterocycles. The molecule has 0 spiro atoms. The third-order valence-corrected chi connectivity index (χ3v) is 7.72. The fraction of sp³-hybridized carbons (Fsp3) is 0.542. The van der Waals surface area contributed by atoms with E-state index in [9.17, 15) is 14.4 Å². The van der Waals surface area contributed by atoms with Crippen LogP contribution < -0.4 is 9.80 Å². The van der Waals surface area contributed by atoms with E-state index in [2.05, 4.69) is 15.1 Å². The minimum Gasteiger partial charge on any atom is -0.370 e. The minimum absolute atomic E-state index is 0.195. The van der Waals surface area contributed by atoms with Gasteiger partial charge >= 0.3 is 0 Å². The van der Waals surface area contributed by atoms with Crippen LogP contribution in [0.1, 0.15) is 68.8 Å². The summed E-state index contributed by atoms with van der Waals surface area (Å²) in [5, 5.41) is 14.0. The second kappa shape index (κ2) is 7.83. The Labute approximate surface area is 201 Å². The first-order valence-electron chi connectivity index (χ1n) is 11.8. The maximum absolute atomic E-state index is 14.7. The van der Waals surface area contributed by atoms with Gasteiger partial charge in [-0.2, -0.15) is 10.2 Å². The molecule has 0 radical (unpaired) electrons. The van der Waals surface area contributed by atoms with Crippen molar-refractivity contribution in [1.82, 2.24) is 10.1 Å². The lowest BCUT2D eigenvalue weighted by molar-refractivity contribution is -0.125. The molecule has 1 aromatic heterocycles. The molecule has 3 atom stereocenters. The van der Waals surface area contributed by atoms with E-state index in [4.69, 9.17) is 14.0 Å². The lowest BCUT2D eigenvalue weighted by atomic mass is 9.95. The number of halogens is 1. The average molecular weight is 481 g/mol.